The van der Waals surface area contributed by atoms with Gasteiger partial charge in [-0.25, -0.2) is 26.3 Å². The van der Waals surface area contributed by atoms with E-state index >= 15 is 17.6 Å². The molecule has 11 heteroatoms. The number of alkyl halides is 5. The maximum Gasteiger partial charge on any atom is 0.302 e. The molecule has 0 fully saturated rings. The van der Waals surface area contributed by atoms with Gasteiger partial charge in [0, 0.05) is 11.1 Å². The van der Waals surface area contributed by atoms with Crippen molar-refractivity contribution in [1.29, 1.82) is 0 Å². The SMILES string of the molecule is CCCCCCC(F)COC1CCc2cc(-c3ccc(OCC(F)C(F)CCC)c(F)c3F)c(F)c(F)c2C1(F)F. The zero-order valence-corrected chi connectivity index (χ0v) is 23.0. The number of hydrogen-bond acceptors (Lipinski definition) is 2. The minimum atomic E-state index is -4.00. The molecule has 0 saturated heterocycles. The minimum absolute atomic E-state index is 0.0924. The molecule has 3 rings (SSSR count). The topological polar surface area (TPSA) is 18.5 Å². The van der Waals surface area contributed by atoms with Crippen molar-refractivity contribution in [2.45, 2.75) is 102 Å². The molecule has 0 saturated carbocycles. The molecule has 0 spiro atoms. The van der Waals surface area contributed by atoms with Gasteiger partial charge in [0.05, 0.1) is 12.2 Å². The van der Waals surface area contributed by atoms with Crippen molar-refractivity contribution in [3.05, 3.63) is 52.6 Å². The molecule has 0 aromatic heterocycles. The van der Waals surface area contributed by atoms with Crippen LogP contribution in [0, 0.1) is 23.3 Å². The normalized spacial score (nSPS) is 18.6. The molecule has 0 radical (unpaired) electrons. The first-order chi connectivity index (χ1) is 19.4. The highest BCUT2D eigenvalue weighted by atomic mass is 19.3. The first-order valence-electron chi connectivity index (χ1n) is 14.0. The molecule has 0 amide bonds. The maximum absolute atomic E-state index is 15.2. The minimum Gasteiger partial charge on any atom is -0.487 e. The van der Waals surface area contributed by atoms with E-state index in [9.17, 15) is 22.0 Å². The van der Waals surface area contributed by atoms with Crippen LogP contribution < -0.4 is 4.74 Å². The van der Waals surface area contributed by atoms with E-state index in [1.54, 1.807) is 6.92 Å². The molecule has 2 nitrogen and oxygen atoms in total. The zero-order valence-electron chi connectivity index (χ0n) is 23.0. The fourth-order valence-electron chi connectivity index (χ4n) is 4.93. The van der Waals surface area contributed by atoms with Gasteiger partial charge in [-0.3, -0.25) is 0 Å². The van der Waals surface area contributed by atoms with Crippen LogP contribution in [0.5, 0.6) is 5.75 Å². The Hall–Kier alpha value is -2.43. The van der Waals surface area contributed by atoms with Crippen LogP contribution in [-0.4, -0.2) is 37.8 Å². The second kappa shape index (κ2) is 14.6. The van der Waals surface area contributed by atoms with Crippen molar-refractivity contribution in [3.8, 4) is 16.9 Å². The van der Waals surface area contributed by atoms with Crippen LogP contribution in [-0.2, 0) is 17.1 Å². The van der Waals surface area contributed by atoms with E-state index in [1.165, 1.54) is 0 Å². The molecule has 0 N–H and O–H groups in total. The van der Waals surface area contributed by atoms with Crippen LogP contribution in [0.15, 0.2) is 18.2 Å². The second-order valence-electron chi connectivity index (χ2n) is 10.4. The number of ether oxygens (including phenoxy) is 2. The highest BCUT2D eigenvalue weighted by molar-refractivity contribution is 5.68. The van der Waals surface area contributed by atoms with E-state index in [-0.39, 0.29) is 31.2 Å². The summed E-state index contributed by atoms with van der Waals surface area (Å²) >= 11 is 0. The summed E-state index contributed by atoms with van der Waals surface area (Å²) in [5.74, 6) is -11.9. The predicted molar refractivity (Wildman–Crippen MR) is 138 cm³/mol. The third-order valence-corrected chi connectivity index (χ3v) is 7.24. The van der Waals surface area contributed by atoms with E-state index in [4.69, 9.17) is 9.47 Å². The lowest BCUT2D eigenvalue weighted by atomic mass is 9.83. The highest BCUT2D eigenvalue weighted by Crippen LogP contribution is 2.46. The van der Waals surface area contributed by atoms with Gasteiger partial charge in [-0.15, -0.1) is 0 Å². The van der Waals surface area contributed by atoms with Gasteiger partial charge in [-0.05, 0) is 49.4 Å². The fourth-order valence-corrected chi connectivity index (χ4v) is 4.93. The van der Waals surface area contributed by atoms with E-state index in [1.807, 2.05) is 6.92 Å². The smallest absolute Gasteiger partial charge is 0.302 e. The van der Waals surface area contributed by atoms with Crippen LogP contribution >= 0.6 is 0 Å². The molecule has 0 aliphatic heterocycles. The summed E-state index contributed by atoms with van der Waals surface area (Å²) in [5.41, 5.74) is -3.17. The number of fused-ring (bicyclic) bond motifs is 1. The van der Waals surface area contributed by atoms with Gasteiger partial charge in [0.1, 0.15) is 25.1 Å². The lowest BCUT2D eigenvalue weighted by Crippen LogP contribution is -2.40. The summed E-state index contributed by atoms with van der Waals surface area (Å²) < 4.78 is 142. The molecule has 0 bridgehead atoms. The molecule has 2 aromatic rings. The summed E-state index contributed by atoms with van der Waals surface area (Å²) in [6.07, 6.45) is -4.24. The molecular weight excluding hydrogens is 563 g/mol. The van der Waals surface area contributed by atoms with Crippen molar-refractivity contribution >= 4 is 0 Å². The third kappa shape index (κ3) is 7.70. The molecule has 4 unspecified atom stereocenters. The Morgan fingerprint density at radius 2 is 1.51 bits per heavy atom. The monoisotopic (exact) mass is 598 g/mol. The Balaban J connectivity index is 1.79. The lowest BCUT2D eigenvalue weighted by molar-refractivity contribution is -0.160. The van der Waals surface area contributed by atoms with Gasteiger partial charge < -0.3 is 9.47 Å². The van der Waals surface area contributed by atoms with E-state index in [0.717, 1.165) is 37.5 Å². The molecule has 0 heterocycles. The third-order valence-electron chi connectivity index (χ3n) is 7.24. The molecule has 4 atom stereocenters. The number of hydrogen-bond donors (Lipinski definition) is 0. The Bertz CT molecular complexity index is 1160. The van der Waals surface area contributed by atoms with Gasteiger partial charge >= 0.3 is 5.92 Å². The Kier molecular flexibility index (Phi) is 11.8. The van der Waals surface area contributed by atoms with Crippen LogP contribution in [0.4, 0.5) is 39.5 Å². The van der Waals surface area contributed by atoms with Crippen LogP contribution in [0.1, 0.15) is 76.3 Å². The standard InChI is InChI=1S/C30H35F9O2/c1-3-5-6-7-9-18(31)15-41-24-13-10-17-14-20(27(35)29(37)25(17)30(24,38)39)19-11-12-23(28(36)26(19)34)40-16-22(33)21(32)8-4-2/h11-12,14,18,21-22,24H,3-10,13,15-16H2,1-2H3. The highest BCUT2D eigenvalue weighted by Gasteiger charge is 2.50. The quantitative estimate of drug-likeness (QED) is 0.150. The van der Waals surface area contributed by atoms with Crippen molar-refractivity contribution in [1.82, 2.24) is 0 Å². The summed E-state index contributed by atoms with van der Waals surface area (Å²) in [6, 6.07) is 2.48. The van der Waals surface area contributed by atoms with Crippen LogP contribution in [0.3, 0.4) is 0 Å². The first kappa shape index (κ1) is 33.1. The number of benzene rings is 2. The summed E-state index contributed by atoms with van der Waals surface area (Å²) in [5, 5.41) is 0. The van der Waals surface area contributed by atoms with Crippen molar-refractivity contribution in [2.24, 2.45) is 0 Å². The molecule has 41 heavy (non-hydrogen) atoms. The molecule has 1 aliphatic carbocycles. The summed E-state index contributed by atoms with van der Waals surface area (Å²) in [6.45, 7) is 2.12. The average molecular weight is 599 g/mol. The molecule has 230 valence electrons. The number of halogens is 9. The zero-order chi connectivity index (χ0) is 30.3. The number of rotatable bonds is 15. The van der Waals surface area contributed by atoms with Gasteiger partial charge in [-0.2, -0.15) is 13.2 Å². The van der Waals surface area contributed by atoms with E-state index in [2.05, 4.69) is 0 Å². The second-order valence-corrected chi connectivity index (χ2v) is 10.4. The molecule has 2 aromatic carbocycles. The Morgan fingerprint density at radius 1 is 0.805 bits per heavy atom. The Labute approximate surface area is 234 Å². The predicted octanol–water partition coefficient (Wildman–Crippen LogP) is 9.50. The first-order valence-corrected chi connectivity index (χ1v) is 14.0. The van der Waals surface area contributed by atoms with Gasteiger partial charge in [0.15, 0.2) is 29.4 Å². The van der Waals surface area contributed by atoms with Crippen LogP contribution in [0.25, 0.3) is 11.1 Å². The van der Waals surface area contributed by atoms with Crippen molar-refractivity contribution in [2.75, 3.05) is 13.2 Å². The van der Waals surface area contributed by atoms with Crippen molar-refractivity contribution in [3.63, 3.8) is 0 Å². The average Bonchev–Trinajstić information content (AvgIpc) is 2.93. The summed E-state index contributed by atoms with van der Waals surface area (Å²) in [4.78, 5) is 0. The van der Waals surface area contributed by atoms with Gasteiger partial charge in [0.25, 0.3) is 0 Å². The lowest BCUT2D eigenvalue weighted by Gasteiger charge is -2.34. The van der Waals surface area contributed by atoms with E-state index in [0.29, 0.717) is 12.8 Å². The van der Waals surface area contributed by atoms with Gasteiger partial charge in [-0.1, -0.05) is 46.0 Å². The van der Waals surface area contributed by atoms with E-state index < -0.39 is 89.5 Å². The largest absolute Gasteiger partial charge is 0.487 e. The Morgan fingerprint density at radius 3 is 2.20 bits per heavy atom. The number of unbranched alkanes of at least 4 members (excludes halogenated alkanes) is 3. The summed E-state index contributed by atoms with van der Waals surface area (Å²) in [7, 11) is 0. The fraction of sp³-hybridized carbons (Fsp3) is 0.600. The van der Waals surface area contributed by atoms with Crippen LogP contribution in [0.2, 0.25) is 0 Å². The number of aryl methyl sites for hydroxylation is 1. The molecule has 1 aliphatic rings. The van der Waals surface area contributed by atoms with Gasteiger partial charge in [0.2, 0.25) is 5.82 Å². The molecular formula is C30H35F9O2. The maximum atomic E-state index is 15.2. The van der Waals surface area contributed by atoms with Crippen molar-refractivity contribution < 1.29 is 49.0 Å².